The van der Waals surface area contributed by atoms with Gasteiger partial charge in [-0.25, -0.2) is 0 Å². The van der Waals surface area contributed by atoms with Crippen LogP contribution < -0.4 is 4.90 Å². The van der Waals surface area contributed by atoms with E-state index in [1.165, 1.54) is 0 Å². The first kappa shape index (κ1) is 13.5. The summed E-state index contributed by atoms with van der Waals surface area (Å²) in [7, 11) is 0. The van der Waals surface area contributed by atoms with Gasteiger partial charge in [0.05, 0.1) is 5.70 Å². The molecule has 2 heteroatoms. The van der Waals surface area contributed by atoms with Gasteiger partial charge in [-0.1, -0.05) is 66.7 Å². The van der Waals surface area contributed by atoms with Gasteiger partial charge in [0.15, 0.2) is 0 Å². The summed E-state index contributed by atoms with van der Waals surface area (Å²) in [5.41, 5.74) is 4.61. The first-order valence-electron chi connectivity index (χ1n) is 7.60. The van der Waals surface area contributed by atoms with Gasteiger partial charge in [-0.2, -0.15) is 0 Å². The van der Waals surface area contributed by atoms with E-state index in [0.717, 1.165) is 28.1 Å². The highest BCUT2D eigenvalue weighted by Crippen LogP contribution is 2.37. The van der Waals surface area contributed by atoms with E-state index in [-0.39, 0.29) is 5.91 Å². The molecule has 0 fully saturated rings. The van der Waals surface area contributed by atoms with Crippen LogP contribution in [0.3, 0.4) is 0 Å². The SMILES string of the molecule is O=C1c2ccccc2C(=Cc2ccccc2)N1c1ccccc1. The minimum Gasteiger partial charge on any atom is -0.276 e. The molecule has 2 nitrogen and oxygen atoms in total. The van der Waals surface area contributed by atoms with Crippen LogP contribution in [-0.2, 0) is 0 Å². The number of fused-ring (bicyclic) bond motifs is 1. The largest absolute Gasteiger partial charge is 0.276 e. The van der Waals surface area contributed by atoms with Gasteiger partial charge in [-0.15, -0.1) is 0 Å². The van der Waals surface area contributed by atoms with Crippen molar-refractivity contribution in [2.75, 3.05) is 4.90 Å². The summed E-state index contributed by atoms with van der Waals surface area (Å²) in [6.45, 7) is 0. The zero-order chi connectivity index (χ0) is 15.6. The highest BCUT2D eigenvalue weighted by atomic mass is 16.2. The van der Waals surface area contributed by atoms with Gasteiger partial charge < -0.3 is 0 Å². The number of anilines is 1. The average Bonchev–Trinajstić information content (AvgIpc) is 2.89. The van der Waals surface area contributed by atoms with E-state index in [1.54, 1.807) is 4.90 Å². The Morgan fingerprint density at radius 1 is 0.652 bits per heavy atom. The summed E-state index contributed by atoms with van der Waals surface area (Å²) in [5.74, 6) is 0.0222. The van der Waals surface area contributed by atoms with E-state index in [1.807, 2.05) is 84.9 Å². The Balaban J connectivity index is 1.91. The number of amides is 1. The number of nitrogens with zero attached hydrogens (tertiary/aromatic N) is 1. The van der Waals surface area contributed by atoms with Gasteiger partial charge in [0.25, 0.3) is 5.91 Å². The fourth-order valence-electron chi connectivity index (χ4n) is 2.93. The first-order valence-corrected chi connectivity index (χ1v) is 7.60. The third-order valence-corrected chi connectivity index (χ3v) is 3.99. The molecule has 1 amide bonds. The number of carbonyl (C=O) groups is 1. The summed E-state index contributed by atoms with van der Waals surface area (Å²) in [6, 6.07) is 27.6. The monoisotopic (exact) mass is 297 g/mol. The van der Waals surface area contributed by atoms with Crippen molar-refractivity contribution < 1.29 is 4.79 Å². The van der Waals surface area contributed by atoms with Gasteiger partial charge in [-0.05, 0) is 29.8 Å². The van der Waals surface area contributed by atoms with Crippen LogP contribution in [-0.4, -0.2) is 5.91 Å². The number of benzene rings is 3. The second-order valence-electron chi connectivity index (χ2n) is 5.46. The summed E-state index contributed by atoms with van der Waals surface area (Å²) in [5, 5.41) is 0. The molecule has 1 aliphatic rings. The molecule has 110 valence electrons. The Labute approximate surface area is 135 Å². The van der Waals surface area contributed by atoms with Gasteiger partial charge in [-0.3, -0.25) is 9.69 Å². The van der Waals surface area contributed by atoms with Gasteiger partial charge in [0.1, 0.15) is 0 Å². The normalized spacial score (nSPS) is 15.0. The third-order valence-electron chi connectivity index (χ3n) is 3.99. The lowest BCUT2D eigenvalue weighted by atomic mass is 10.1. The average molecular weight is 297 g/mol. The van der Waals surface area contributed by atoms with Crippen LogP contribution >= 0.6 is 0 Å². The minimum atomic E-state index is 0.0222. The molecule has 0 atom stereocenters. The van der Waals surface area contributed by atoms with Crippen molar-refractivity contribution in [1.29, 1.82) is 0 Å². The molecule has 0 N–H and O–H groups in total. The molecule has 0 aromatic heterocycles. The maximum absolute atomic E-state index is 12.9. The summed E-state index contributed by atoms with van der Waals surface area (Å²) >= 11 is 0. The molecule has 0 spiro atoms. The summed E-state index contributed by atoms with van der Waals surface area (Å²) in [6.07, 6.45) is 2.07. The van der Waals surface area contributed by atoms with E-state index < -0.39 is 0 Å². The van der Waals surface area contributed by atoms with Gasteiger partial charge in [0, 0.05) is 16.8 Å². The molecule has 3 aromatic carbocycles. The quantitative estimate of drug-likeness (QED) is 0.662. The topological polar surface area (TPSA) is 20.3 Å². The van der Waals surface area contributed by atoms with Crippen LogP contribution in [0.4, 0.5) is 5.69 Å². The fourth-order valence-corrected chi connectivity index (χ4v) is 2.93. The third kappa shape index (κ3) is 2.34. The first-order chi connectivity index (χ1) is 11.3. The molecular weight excluding hydrogens is 282 g/mol. The zero-order valence-corrected chi connectivity index (χ0v) is 12.5. The molecule has 4 rings (SSSR count). The van der Waals surface area contributed by atoms with Gasteiger partial charge >= 0.3 is 0 Å². The standard InChI is InChI=1S/C21H15NO/c23-21-19-14-8-7-13-18(19)20(15-16-9-3-1-4-10-16)22(21)17-11-5-2-6-12-17/h1-15H. The lowest BCUT2D eigenvalue weighted by Gasteiger charge is -2.18. The summed E-state index contributed by atoms with van der Waals surface area (Å²) in [4.78, 5) is 14.7. The predicted molar refractivity (Wildman–Crippen MR) is 94.0 cm³/mol. The van der Waals surface area contributed by atoms with Crippen LogP contribution in [0.5, 0.6) is 0 Å². The molecule has 23 heavy (non-hydrogen) atoms. The maximum Gasteiger partial charge on any atom is 0.263 e. The van der Waals surface area contributed by atoms with Crippen molar-refractivity contribution in [3.63, 3.8) is 0 Å². The maximum atomic E-state index is 12.9. The number of rotatable bonds is 2. The second kappa shape index (κ2) is 5.58. The number of hydrogen-bond donors (Lipinski definition) is 0. The lowest BCUT2D eigenvalue weighted by molar-refractivity contribution is 0.101. The van der Waals surface area contributed by atoms with Crippen molar-refractivity contribution >= 4 is 23.4 Å². The van der Waals surface area contributed by atoms with E-state index in [9.17, 15) is 4.79 Å². The highest BCUT2D eigenvalue weighted by Gasteiger charge is 2.32. The lowest BCUT2D eigenvalue weighted by Crippen LogP contribution is -2.22. The molecule has 0 unspecified atom stereocenters. The van der Waals surface area contributed by atoms with Crippen molar-refractivity contribution in [3.8, 4) is 0 Å². The van der Waals surface area contributed by atoms with Crippen LogP contribution in [0.15, 0.2) is 84.9 Å². The molecule has 1 heterocycles. The Morgan fingerprint density at radius 2 is 1.22 bits per heavy atom. The van der Waals surface area contributed by atoms with E-state index in [0.29, 0.717) is 0 Å². The molecule has 0 aliphatic carbocycles. The number of hydrogen-bond acceptors (Lipinski definition) is 1. The second-order valence-corrected chi connectivity index (χ2v) is 5.46. The molecule has 3 aromatic rings. The molecule has 1 aliphatic heterocycles. The van der Waals surface area contributed by atoms with E-state index in [4.69, 9.17) is 0 Å². The van der Waals surface area contributed by atoms with Crippen LogP contribution in [0.2, 0.25) is 0 Å². The molecule has 0 radical (unpaired) electrons. The Hall–Kier alpha value is -3.13. The highest BCUT2D eigenvalue weighted by molar-refractivity contribution is 6.24. The van der Waals surface area contributed by atoms with Crippen LogP contribution in [0.1, 0.15) is 21.5 Å². The minimum absolute atomic E-state index is 0.0222. The Bertz CT molecular complexity index is 882. The van der Waals surface area contributed by atoms with Crippen molar-refractivity contribution in [1.82, 2.24) is 0 Å². The molecular formula is C21H15NO. The zero-order valence-electron chi connectivity index (χ0n) is 12.5. The smallest absolute Gasteiger partial charge is 0.263 e. The van der Waals surface area contributed by atoms with Crippen LogP contribution in [0, 0.1) is 0 Å². The van der Waals surface area contributed by atoms with E-state index >= 15 is 0 Å². The molecule has 0 saturated heterocycles. The van der Waals surface area contributed by atoms with Crippen molar-refractivity contribution in [2.45, 2.75) is 0 Å². The number of carbonyl (C=O) groups excluding carboxylic acids is 1. The predicted octanol–water partition coefficient (Wildman–Crippen LogP) is 4.85. The molecule has 0 saturated carbocycles. The Morgan fingerprint density at radius 3 is 1.91 bits per heavy atom. The van der Waals surface area contributed by atoms with E-state index in [2.05, 4.69) is 6.08 Å². The van der Waals surface area contributed by atoms with Crippen LogP contribution in [0.25, 0.3) is 11.8 Å². The number of para-hydroxylation sites is 1. The van der Waals surface area contributed by atoms with Gasteiger partial charge in [0.2, 0.25) is 0 Å². The summed E-state index contributed by atoms with van der Waals surface area (Å²) < 4.78 is 0. The Kier molecular flexibility index (Phi) is 3.28. The van der Waals surface area contributed by atoms with Crippen molar-refractivity contribution in [3.05, 3.63) is 102 Å². The van der Waals surface area contributed by atoms with Crippen molar-refractivity contribution in [2.24, 2.45) is 0 Å². The molecule has 0 bridgehead atoms. The fraction of sp³-hybridized carbons (Fsp3) is 0.